The number of fused-ring (bicyclic) bond motifs is 1. The summed E-state index contributed by atoms with van der Waals surface area (Å²) in [4.78, 5) is 3.09. The van der Waals surface area contributed by atoms with Crippen molar-refractivity contribution < 1.29 is 0 Å². The van der Waals surface area contributed by atoms with Gasteiger partial charge in [0.2, 0.25) is 0 Å². The zero-order valence-electron chi connectivity index (χ0n) is 8.31. The molecule has 76 valence electrons. The van der Waals surface area contributed by atoms with Gasteiger partial charge in [0.1, 0.15) is 0 Å². The van der Waals surface area contributed by atoms with Gasteiger partial charge in [0.15, 0.2) is 4.77 Å². The molecule has 0 aliphatic carbocycles. The van der Waals surface area contributed by atoms with Gasteiger partial charge in [0.25, 0.3) is 0 Å². The molecule has 3 heteroatoms. The van der Waals surface area contributed by atoms with Crippen LogP contribution in [0.5, 0.6) is 0 Å². The predicted molar refractivity (Wildman–Crippen MR) is 62.5 cm³/mol. The van der Waals surface area contributed by atoms with Crippen LogP contribution in [-0.2, 0) is 13.0 Å². The summed E-state index contributed by atoms with van der Waals surface area (Å²) in [5, 5.41) is 0. The lowest BCUT2D eigenvalue weighted by molar-refractivity contribution is 0.642. The number of H-pyrrole nitrogens is 1. The van der Waals surface area contributed by atoms with Crippen LogP contribution in [0.4, 0.5) is 0 Å². The van der Waals surface area contributed by atoms with Gasteiger partial charge in [-0.3, -0.25) is 0 Å². The van der Waals surface area contributed by atoms with Gasteiger partial charge in [-0.1, -0.05) is 30.3 Å². The fraction of sp³-hybridized carbons (Fsp3) is 0.250. The highest BCUT2D eigenvalue weighted by atomic mass is 32.1. The third kappa shape index (κ3) is 1.43. The number of aromatic amines is 1. The summed E-state index contributed by atoms with van der Waals surface area (Å²) in [6.07, 6.45) is 3.13. The van der Waals surface area contributed by atoms with Crippen LogP contribution in [0, 0.1) is 4.77 Å². The normalized spacial score (nSPS) is 19.1. The second-order valence-electron chi connectivity index (χ2n) is 4.01. The molecule has 1 aliphatic rings. The van der Waals surface area contributed by atoms with Crippen LogP contribution in [0.3, 0.4) is 0 Å². The lowest BCUT2D eigenvalue weighted by atomic mass is 9.97. The Bertz CT molecular complexity index is 524. The third-order valence-electron chi connectivity index (χ3n) is 3.08. The summed E-state index contributed by atoms with van der Waals surface area (Å²) in [5.74, 6) is 0.595. The zero-order valence-corrected chi connectivity index (χ0v) is 9.13. The van der Waals surface area contributed by atoms with Gasteiger partial charge in [0, 0.05) is 24.4 Å². The highest BCUT2D eigenvalue weighted by Gasteiger charge is 2.22. The molecule has 3 rings (SSSR count). The van der Waals surface area contributed by atoms with Crippen molar-refractivity contribution in [3.63, 3.8) is 0 Å². The summed E-state index contributed by atoms with van der Waals surface area (Å²) < 4.78 is 3.05. The van der Waals surface area contributed by atoms with Crippen molar-refractivity contribution in [3.8, 4) is 0 Å². The molecule has 0 amide bonds. The molecule has 0 radical (unpaired) electrons. The van der Waals surface area contributed by atoms with Gasteiger partial charge in [-0.2, -0.15) is 0 Å². The fourth-order valence-electron chi connectivity index (χ4n) is 2.29. The van der Waals surface area contributed by atoms with E-state index in [1.54, 1.807) is 0 Å². The molecule has 1 aliphatic heterocycles. The minimum Gasteiger partial charge on any atom is -0.337 e. The Hall–Kier alpha value is -1.35. The van der Waals surface area contributed by atoms with Crippen LogP contribution >= 0.6 is 12.2 Å². The highest BCUT2D eigenvalue weighted by Crippen LogP contribution is 2.29. The topological polar surface area (TPSA) is 20.7 Å². The largest absolute Gasteiger partial charge is 0.337 e. The van der Waals surface area contributed by atoms with Crippen molar-refractivity contribution in [2.45, 2.75) is 18.9 Å². The Kier molecular flexibility index (Phi) is 1.99. The fourth-order valence-corrected chi connectivity index (χ4v) is 2.54. The van der Waals surface area contributed by atoms with Gasteiger partial charge < -0.3 is 9.55 Å². The minimum atomic E-state index is 0.595. The Morgan fingerprint density at radius 1 is 1.27 bits per heavy atom. The molecule has 2 heterocycles. The molecule has 0 saturated heterocycles. The molecule has 1 atom stereocenters. The van der Waals surface area contributed by atoms with Gasteiger partial charge in [-0.25, -0.2) is 0 Å². The number of nitrogens with zero attached hydrogens (tertiary/aromatic N) is 1. The summed E-state index contributed by atoms with van der Waals surface area (Å²) >= 11 is 5.22. The molecule has 1 aromatic heterocycles. The number of hydrogen-bond acceptors (Lipinski definition) is 1. The van der Waals surface area contributed by atoms with Gasteiger partial charge >= 0.3 is 0 Å². The zero-order chi connectivity index (χ0) is 10.3. The van der Waals surface area contributed by atoms with E-state index in [1.807, 2.05) is 6.20 Å². The number of imidazole rings is 1. The summed E-state index contributed by atoms with van der Waals surface area (Å²) in [7, 11) is 0. The Labute approximate surface area is 93.6 Å². The van der Waals surface area contributed by atoms with Crippen molar-refractivity contribution in [1.82, 2.24) is 9.55 Å². The second kappa shape index (κ2) is 3.35. The molecule has 0 fully saturated rings. The van der Waals surface area contributed by atoms with Crippen LogP contribution in [0.1, 0.15) is 17.2 Å². The van der Waals surface area contributed by atoms with Crippen LogP contribution in [0.25, 0.3) is 0 Å². The SMILES string of the molecule is S=c1[nH]cc2n1CC(c1ccccc1)C2. The lowest BCUT2D eigenvalue weighted by Crippen LogP contribution is -2.01. The predicted octanol–water partition coefficient (Wildman–Crippen LogP) is 2.89. The average Bonchev–Trinajstić information content (AvgIpc) is 2.83. The molecule has 1 aromatic carbocycles. The first-order chi connectivity index (χ1) is 7.34. The maximum atomic E-state index is 5.22. The molecule has 0 spiro atoms. The molecule has 0 saturated carbocycles. The molecule has 2 aromatic rings. The number of hydrogen-bond donors (Lipinski definition) is 1. The van der Waals surface area contributed by atoms with E-state index < -0.39 is 0 Å². The maximum Gasteiger partial charge on any atom is 0.177 e. The van der Waals surface area contributed by atoms with E-state index in [9.17, 15) is 0 Å². The first-order valence-corrected chi connectivity index (χ1v) is 5.57. The van der Waals surface area contributed by atoms with Gasteiger partial charge in [0.05, 0.1) is 0 Å². The minimum absolute atomic E-state index is 0.595. The van der Waals surface area contributed by atoms with E-state index >= 15 is 0 Å². The molecule has 2 nitrogen and oxygen atoms in total. The molecule has 1 unspecified atom stereocenters. The van der Waals surface area contributed by atoms with Crippen LogP contribution in [0.15, 0.2) is 36.5 Å². The first-order valence-electron chi connectivity index (χ1n) is 5.16. The van der Waals surface area contributed by atoms with Crippen LogP contribution < -0.4 is 0 Å². The van der Waals surface area contributed by atoms with E-state index in [1.165, 1.54) is 11.3 Å². The van der Waals surface area contributed by atoms with E-state index in [4.69, 9.17) is 12.2 Å². The standard InChI is InChI=1S/C12H12N2S/c15-12-13-7-11-6-10(8-14(11)12)9-4-2-1-3-5-9/h1-5,7,10H,6,8H2,(H,13,15). The van der Waals surface area contributed by atoms with E-state index in [-0.39, 0.29) is 0 Å². The van der Waals surface area contributed by atoms with E-state index in [0.717, 1.165) is 17.7 Å². The lowest BCUT2D eigenvalue weighted by Gasteiger charge is -2.08. The highest BCUT2D eigenvalue weighted by molar-refractivity contribution is 7.71. The van der Waals surface area contributed by atoms with Gasteiger partial charge in [-0.05, 0) is 24.2 Å². The second-order valence-corrected chi connectivity index (χ2v) is 4.39. The molecule has 15 heavy (non-hydrogen) atoms. The smallest absolute Gasteiger partial charge is 0.177 e. The summed E-state index contributed by atoms with van der Waals surface area (Å²) in [5.41, 5.74) is 2.74. The van der Waals surface area contributed by atoms with Gasteiger partial charge in [-0.15, -0.1) is 0 Å². The third-order valence-corrected chi connectivity index (χ3v) is 3.42. The number of aromatic nitrogens is 2. The molecular formula is C12H12N2S. The summed E-state index contributed by atoms with van der Waals surface area (Å²) in [6, 6.07) is 10.7. The van der Waals surface area contributed by atoms with Crippen molar-refractivity contribution in [1.29, 1.82) is 0 Å². The monoisotopic (exact) mass is 216 g/mol. The average molecular weight is 216 g/mol. The molecule has 1 N–H and O–H groups in total. The maximum absolute atomic E-state index is 5.22. The number of nitrogens with one attached hydrogen (secondary N) is 1. The van der Waals surface area contributed by atoms with E-state index in [0.29, 0.717) is 5.92 Å². The quantitative estimate of drug-likeness (QED) is 0.727. The van der Waals surface area contributed by atoms with Crippen molar-refractivity contribution in [2.24, 2.45) is 0 Å². The van der Waals surface area contributed by atoms with Crippen molar-refractivity contribution in [3.05, 3.63) is 52.6 Å². The number of rotatable bonds is 1. The van der Waals surface area contributed by atoms with Crippen LogP contribution in [-0.4, -0.2) is 9.55 Å². The Morgan fingerprint density at radius 2 is 2.07 bits per heavy atom. The first kappa shape index (κ1) is 8.92. The van der Waals surface area contributed by atoms with Crippen LogP contribution in [0.2, 0.25) is 0 Å². The summed E-state index contributed by atoms with van der Waals surface area (Å²) in [6.45, 7) is 1.02. The number of benzene rings is 1. The molecule has 0 bridgehead atoms. The molecular weight excluding hydrogens is 204 g/mol. The van der Waals surface area contributed by atoms with Crippen molar-refractivity contribution >= 4 is 12.2 Å². The Balaban J connectivity index is 1.94. The Morgan fingerprint density at radius 3 is 2.80 bits per heavy atom. The van der Waals surface area contributed by atoms with E-state index in [2.05, 4.69) is 39.9 Å². The van der Waals surface area contributed by atoms with Crippen molar-refractivity contribution in [2.75, 3.05) is 0 Å².